The van der Waals surface area contributed by atoms with E-state index < -0.39 is 0 Å². The highest BCUT2D eigenvalue weighted by molar-refractivity contribution is 6.46. The number of rotatable bonds is 1. The summed E-state index contributed by atoms with van der Waals surface area (Å²) in [5.74, 6) is 0. The van der Waals surface area contributed by atoms with Crippen LogP contribution in [0, 0.1) is 6.92 Å². The van der Waals surface area contributed by atoms with Gasteiger partial charge in [0, 0.05) is 0 Å². The van der Waals surface area contributed by atoms with E-state index in [1.54, 1.807) is 0 Å². The van der Waals surface area contributed by atoms with E-state index >= 15 is 0 Å². The van der Waals surface area contributed by atoms with E-state index in [4.69, 9.17) is 7.85 Å². The van der Waals surface area contributed by atoms with Crippen molar-refractivity contribution in [3.05, 3.63) is 127 Å². The van der Waals surface area contributed by atoms with Crippen LogP contribution in [0.1, 0.15) is 5.56 Å². The lowest BCUT2D eigenvalue weighted by Crippen LogP contribution is -2.06. The van der Waals surface area contributed by atoms with Gasteiger partial charge in [0.1, 0.15) is 7.85 Å². The molecule has 1 heteroatoms. The second-order valence-electron chi connectivity index (χ2n) is 10.4. The lowest BCUT2D eigenvalue weighted by molar-refractivity contribution is 1.59. The molecule has 0 aliphatic heterocycles. The topological polar surface area (TPSA) is 0 Å². The molecule has 0 spiro atoms. The molecule has 0 nitrogen and oxygen atoms in total. The van der Waals surface area contributed by atoms with Gasteiger partial charge in [-0.25, -0.2) is 0 Å². The molecule has 0 atom stereocenters. The van der Waals surface area contributed by atoms with Gasteiger partial charge in [-0.3, -0.25) is 0 Å². The standard InChI is InChI=1S/C37H23B/c1-22-25-10-4-2-8-23(25)20-35-26(22)16-17-32-28(12-6-14-30(32)35)29-13-7-15-31-33(29)18-19-34-36(31)21-24-9-3-5-11-27(24)37(34)38/h2-21H,1H3. The lowest BCUT2D eigenvalue weighted by Gasteiger charge is -2.16. The van der Waals surface area contributed by atoms with Crippen molar-refractivity contribution in [1.82, 2.24) is 0 Å². The Morgan fingerprint density at radius 2 is 0.842 bits per heavy atom. The smallest absolute Gasteiger partial charge is 0.0813 e. The third kappa shape index (κ3) is 2.93. The van der Waals surface area contributed by atoms with Crippen molar-refractivity contribution in [3.63, 3.8) is 0 Å². The maximum absolute atomic E-state index is 6.67. The van der Waals surface area contributed by atoms with Crippen molar-refractivity contribution in [2.75, 3.05) is 0 Å². The first-order chi connectivity index (χ1) is 18.7. The van der Waals surface area contributed by atoms with Crippen LogP contribution in [-0.4, -0.2) is 7.85 Å². The highest BCUT2D eigenvalue weighted by Crippen LogP contribution is 2.40. The van der Waals surface area contributed by atoms with Crippen molar-refractivity contribution in [2.24, 2.45) is 0 Å². The predicted octanol–water partition coefficient (Wildman–Crippen LogP) is 9.38. The van der Waals surface area contributed by atoms with Crippen LogP contribution in [0.3, 0.4) is 0 Å². The average molecular weight is 478 g/mol. The fraction of sp³-hybridized carbons (Fsp3) is 0.0270. The first-order valence-corrected chi connectivity index (χ1v) is 13.2. The SMILES string of the molecule is [B]c1c2ccccc2cc2c1ccc1c(-c3cccc4c3ccc3c(C)c5ccccc5cc34)cccc12. The van der Waals surface area contributed by atoms with Crippen molar-refractivity contribution in [1.29, 1.82) is 0 Å². The normalized spacial score (nSPS) is 11.9. The first-order valence-electron chi connectivity index (χ1n) is 13.2. The predicted molar refractivity (Wildman–Crippen MR) is 167 cm³/mol. The molecule has 0 unspecified atom stereocenters. The fourth-order valence-electron chi connectivity index (χ4n) is 6.54. The number of hydrogen-bond acceptors (Lipinski definition) is 0. The third-order valence-corrected chi connectivity index (χ3v) is 8.41. The van der Waals surface area contributed by atoms with E-state index in [1.165, 1.54) is 70.6 Å². The molecule has 8 aromatic rings. The largest absolute Gasteiger partial charge is 0.115 e. The monoisotopic (exact) mass is 478 g/mol. The van der Waals surface area contributed by atoms with Crippen molar-refractivity contribution in [3.8, 4) is 11.1 Å². The molecule has 2 radical (unpaired) electrons. The fourth-order valence-corrected chi connectivity index (χ4v) is 6.54. The molecule has 8 aromatic carbocycles. The van der Waals surface area contributed by atoms with Gasteiger partial charge in [-0.15, -0.1) is 0 Å². The van der Waals surface area contributed by atoms with Gasteiger partial charge in [-0.2, -0.15) is 0 Å². The molecule has 38 heavy (non-hydrogen) atoms. The quantitative estimate of drug-likeness (QED) is 0.125. The van der Waals surface area contributed by atoms with Crippen LogP contribution < -0.4 is 5.46 Å². The minimum atomic E-state index is 0.852. The first kappa shape index (κ1) is 21.5. The Labute approximate surface area is 222 Å². The Morgan fingerprint density at radius 1 is 0.368 bits per heavy atom. The van der Waals surface area contributed by atoms with E-state index in [0.29, 0.717) is 0 Å². The zero-order valence-electron chi connectivity index (χ0n) is 21.1. The molecule has 0 saturated carbocycles. The van der Waals surface area contributed by atoms with Crippen molar-refractivity contribution in [2.45, 2.75) is 6.92 Å². The molecule has 174 valence electrons. The van der Waals surface area contributed by atoms with Crippen LogP contribution in [0.4, 0.5) is 0 Å². The summed E-state index contributed by atoms with van der Waals surface area (Å²) in [6, 6.07) is 44.2. The molecule has 0 aliphatic carbocycles. The van der Waals surface area contributed by atoms with Crippen LogP contribution in [-0.2, 0) is 0 Å². The molecule has 0 saturated heterocycles. The summed E-state index contributed by atoms with van der Waals surface area (Å²) >= 11 is 0. The Hall–Kier alpha value is -4.62. The minimum Gasteiger partial charge on any atom is -0.0813 e. The molecular weight excluding hydrogens is 455 g/mol. The van der Waals surface area contributed by atoms with Gasteiger partial charge in [-0.05, 0) is 100 Å². The number of fused-ring (bicyclic) bond motifs is 8. The van der Waals surface area contributed by atoms with Crippen LogP contribution in [0.2, 0.25) is 0 Å². The van der Waals surface area contributed by atoms with Gasteiger partial charge >= 0.3 is 0 Å². The molecule has 0 aromatic heterocycles. The number of benzene rings is 8. The van der Waals surface area contributed by atoms with Crippen LogP contribution in [0.5, 0.6) is 0 Å². The molecular formula is C37H23B. The number of aryl methyl sites for hydroxylation is 1. The van der Waals surface area contributed by atoms with Gasteiger partial charge in [0.15, 0.2) is 0 Å². The van der Waals surface area contributed by atoms with Gasteiger partial charge in [0.25, 0.3) is 0 Å². The Bertz CT molecular complexity index is 2090. The lowest BCUT2D eigenvalue weighted by atomic mass is 9.83. The molecule has 0 aliphatic rings. The molecule has 8 rings (SSSR count). The number of hydrogen-bond donors (Lipinski definition) is 0. The van der Waals surface area contributed by atoms with E-state index in [1.807, 2.05) is 0 Å². The molecule has 0 bridgehead atoms. The summed E-state index contributed by atoms with van der Waals surface area (Å²) in [5, 5.41) is 14.9. The summed E-state index contributed by atoms with van der Waals surface area (Å²) in [6.07, 6.45) is 0. The van der Waals surface area contributed by atoms with E-state index in [0.717, 1.165) is 16.2 Å². The highest BCUT2D eigenvalue weighted by Gasteiger charge is 2.14. The third-order valence-electron chi connectivity index (χ3n) is 8.41. The molecule has 0 heterocycles. The van der Waals surface area contributed by atoms with Crippen molar-refractivity contribution < 1.29 is 0 Å². The minimum absolute atomic E-state index is 0.852. The molecule has 0 N–H and O–H groups in total. The summed E-state index contributed by atoms with van der Waals surface area (Å²) in [7, 11) is 6.67. The zero-order valence-corrected chi connectivity index (χ0v) is 21.1. The van der Waals surface area contributed by atoms with E-state index in [9.17, 15) is 0 Å². The Kier molecular flexibility index (Phi) is 4.49. The Morgan fingerprint density at radius 3 is 1.50 bits per heavy atom. The summed E-state index contributed by atoms with van der Waals surface area (Å²) in [6.45, 7) is 2.24. The zero-order chi connectivity index (χ0) is 25.4. The van der Waals surface area contributed by atoms with Gasteiger partial charge in [0.05, 0.1) is 0 Å². The van der Waals surface area contributed by atoms with E-state index in [2.05, 4.69) is 128 Å². The Balaban J connectivity index is 1.45. The van der Waals surface area contributed by atoms with Crippen LogP contribution in [0.25, 0.3) is 75.8 Å². The second-order valence-corrected chi connectivity index (χ2v) is 10.4. The summed E-state index contributed by atoms with van der Waals surface area (Å²) in [5.41, 5.74) is 4.70. The molecule has 0 amide bonds. The van der Waals surface area contributed by atoms with Crippen LogP contribution in [0.15, 0.2) is 121 Å². The van der Waals surface area contributed by atoms with Crippen LogP contribution >= 0.6 is 0 Å². The van der Waals surface area contributed by atoms with Crippen molar-refractivity contribution >= 4 is 77.9 Å². The maximum Gasteiger partial charge on any atom is 0.115 e. The van der Waals surface area contributed by atoms with Gasteiger partial charge in [0.2, 0.25) is 0 Å². The van der Waals surface area contributed by atoms with E-state index in [-0.39, 0.29) is 0 Å². The van der Waals surface area contributed by atoms with Gasteiger partial charge in [-0.1, -0.05) is 115 Å². The second kappa shape index (κ2) is 7.94. The highest BCUT2D eigenvalue weighted by atomic mass is 14.2. The van der Waals surface area contributed by atoms with Gasteiger partial charge < -0.3 is 0 Å². The molecule has 0 fully saturated rings. The summed E-state index contributed by atoms with van der Waals surface area (Å²) in [4.78, 5) is 0. The summed E-state index contributed by atoms with van der Waals surface area (Å²) < 4.78 is 0. The maximum atomic E-state index is 6.67. The average Bonchev–Trinajstić information content (AvgIpc) is 2.97.